The molecule has 2 N–H and O–H groups in total. The molecule has 3 aromatic carbocycles. The SMILES string of the molecule is COc1cccc(C2/C(=C(/O)c3ccc4c(c3)CCO4)C(=O)C(=O)N2Cc2ccc(C(=O)O)cc2)c1. The van der Waals surface area contributed by atoms with Gasteiger partial charge in [0, 0.05) is 18.5 Å². The zero-order valence-corrected chi connectivity index (χ0v) is 19.4. The van der Waals surface area contributed by atoms with Gasteiger partial charge in [-0.2, -0.15) is 0 Å². The molecular weight excluding hydrogens is 462 g/mol. The van der Waals surface area contributed by atoms with Crippen molar-refractivity contribution in [2.75, 3.05) is 13.7 Å². The first-order chi connectivity index (χ1) is 17.4. The number of carboxylic acid groups (broad SMARTS) is 1. The summed E-state index contributed by atoms with van der Waals surface area (Å²) in [5.74, 6) is -1.59. The lowest BCUT2D eigenvalue weighted by Gasteiger charge is -2.26. The van der Waals surface area contributed by atoms with Crippen molar-refractivity contribution in [3.63, 3.8) is 0 Å². The van der Waals surface area contributed by atoms with Crippen molar-refractivity contribution < 1.29 is 34.1 Å². The monoisotopic (exact) mass is 485 g/mol. The van der Waals surface area contributed by atoms with E-state index in [2.05, 4.69) is 0 Å². The van der Waals surface area contributed by atoms with E-state index in [9.17, 15) is 24.6 Å². The number of aliphatic hydroxyl groups is 1. The number of hydrogen-bond acceptors (Lipinski definition) is 6. The molecule has 0 bridgehead atoms. The lowest BCUT2D eigenvalue weighted by Crippen LogP contribution is -2.29. The molecule has 0 aliphatic carbocycles. The van der Waals surface area contributed by atoms with Crippen LogP contribution in [0, 0.1) is 0 Å². The number of nitrogens with zero attached hydrogens (tertiary/aromatic N) is 1. The lowest BCUT2D eigenvalue weighted by molar-refractivity contribution is -0.140. The van der Waals surface area contributed by atoms with Gasteiger partial charge in [0.1, 0.15) is 17.3 Å². The number of amides is 1. The van der Waals surface area contributed by atoms with Gasteiger partial charge in [0.25, 0.3) is 11.7 Å². The Hall–Kier alpha value is -4.59. The third-order valence-corrected chi connectivity index (χ3v) is 6.47. The van der Waals surface area contributed by atoms with E-state index in [1.54, 1.807) is 54.6 Å². The molecule has 8 nitrogen and oxygen atoms in total. The van der Waals surface area contributed by atoms with E-state index in [0.717, 1.165) is 11.3 Å². The molecule has 1 atom stereocenters. The first-order valence-electron chi connectivity index (χ1n) is 11.4. The number of aromatic carboxylic acids is 1. The molecule has 2 aliphatic heterocycles. The maximum Gasteiger partial charge on any atom is 0.335 e. The van der Waals surface area contributed by atoms with E-state index in [4.69, 9.17) is 9.47 Å². The number of ketones is 1. The van der Waals surface area contributed by atoms with Crippen LogP contribution in [0.4, 0.5) is 0 Å². The predicted octanol–water partition coefficient (Wildman–Crippen LogP) is 3.95. The predicted molar refractivity (Wildman–Crippen MR) is 130 cm³/mol. The van der Waals surface area contributed by atoms with Crippen LogP contribution >= 0.6 is 0 Å². The highest BCUT2D eigenvalue weighted by Gasteiger charge is 2.46. The van der Waals surface area contributed by atoms with Gasteiger partial charge in [-0.15, -0.1) is 0 Å². The van der Waals surface area contributed by atoms with E-state index in [-0.39, 0.29) is 23.4 Å². The molecule has 1 fully saturated rings. The van der Waals surface area contributed by atoms with Gasteiger partial charge in [-0.05, 0) is 59.2 Å². The number of rotatable bonds is 6. The van der Waals surface area contributed by atoms with Crippen LogP contribution < -0.4 is 9.47 Å². The molecule has 36 heavy (non-hydrogen) atoms. The number of methoxy groups -OCH3 is 1. The average molecular weight is 485 g/mol. The Balaban J connectivity index is 1.61. The minimum atomic E-state index is -1.06. The number of carbonyl (C=O) groups excluding carboxylic acids is 2. The number of carbonyl (C=O) groups is 3. The number of aliphatic hydroxyl groups excluding tert-OH is 1. The van der Waals surface area contributed by atoms with Gasteiger partial charge in [-0.1, -0.05) is 24.3 Å². The molecule has 2 aliphatic rings. The highest BCUT2D eigenvalue weighted by Crippen LogP contribution is 2.41. The van der Waals surface area contributed by atoms with Crippen molar-refractivity contribution in [1.82, 2.24) is 4.90 Å². The van der Waals surface area contributed by atoms with Gasteiger partial charge in [0.15, 0.2) is 0 Å². The van der Waals surface area contributed by atoms with Gasteiger partial charge in [-0.25, -0.2) is 4.79 Å². The van der Waals surface area contributed by atoms with Crippen LogP contribution in [-0.2, 0) is 22.6 Å². The molecule has 0 spiro atoms. The third kappa shape index (κ3) is 4.07. The Morgan fingerprint density at radius 1 is 1.03 bits per heavy atom. The Morgan fingerprint density at radius 3 is 2.50 bits per heavy atom. The summed E-state index contributed by atoms with van der Waals surface area (Å²) in [6.07, 6.45) is 0.691. The molecule has 3 aromatic rings. The molecule has 182 valence electrons. The van der Waals surface area contributed by atoms with Crippen LogP contribution in [0.3, 0.4) is 0 Å². The standard InChI is InChI=1S/C28H23NO7/c1-35-21-4-2-3-19(14-21)24-23(25(30)20-9-10-22-18(13-20)11-12-36-22)26(31)27(32)29(24)15-16-5-7-17(8-6-16)28(33)34/h2-10,13-14,24,30H,11-12,15H2,1H3,(H,33,34)/b25-23-. The second-order valence-electron chi connectivity index (χ2n) is 8.63. The van der Waals surface area contributed by atoms with Crippen LogP contribution in [0.1, 0.15) is 38.7 Å². The zero-order valence-electron chi connectivity index (χ0n) is 19.4. The maximum absolute atomic E-state index is 13.3. The van der Waals surface area contributed by atoms with E-state index in [0.29, 0.717) is 35.5 Å². The third-order valence-electron chi connectivity index (χ3n) is 6.47. The highest BCUT2D eigenvalue weighted by atomic mass is 16.5. The van der Waals surface area contributed by atoms with Crippen LogP contribution in [-0.4, -0.2) is 46.5 Å². The first-order valence-corrected chi connectivity index (χ1v) is 11.4. The number of fused-ring (bicyclic) bond motifs is 1. The summed E-state index contributed by atoms with van der Waals surface area (Å²) in [7, 11) is 1.52. The van der Waals surface area contributed by atoms with Crippen LogP contribution in [0.2, 0.25) is 0 Å². The van der Waals surface area contributed by atoms with Gasteiger partial charge < -0.3 is 24.6 Å². The molecule has 5 rings (SSSR count). The van der Waals surface area contributed by atoms with Gasteiger partial charge in [0.2, 0.25) is 0 Å². The van der Waals surface area contributed by atoms with E-state index in [1.807, 2.05) is 0 Å². The first kappa shape index (κ1) is 23.2. The Kier molecular flexibility index (Phi) is 5.93. The molecule has 1 unspecified atom stereocenters. The van der Waals surface area contributed by atoms with Crippen molar-refractivity contribution in [3.8, 4) is 11.5 Å². The average Bonchev–Trinajstić information content (AvgIpc) is 3.46. The van der Waals surface area contributed by atoms with Crippen molar-refractivity contribution in [2.45, 2.75) is 19.0 Å². The van der Waals surface area contributed by atoms with Crippen LogP contribution in [0.25, 0.3) is 5.76 Å². The number of carboxylic acids is 1. The second kappa shape index (κ2) is 9.22. The van der Waals surface area contributed by atoms with Crippen LogP contribution in [0.15, 0.2) is 72.3 Å². The van der Waals surface area contributed by atoms with Crippen molar-refractivity contribution >= 4 is 23.4 Å². The van der Waals surface area contributed by atoms with E-state index < -0.39 is 23.7 Å². The summed E-state index contributed by atoms with van der Waals surface area (Å²) in [5, 5.41) is 20.5. The normalized spacial score (nSPS) is 18.1. The van der Waals surface area contributed by atoms with Crippen molar-refractivity contribution in [2.24, 2.45) is 0 Å². The van der Waals surface area contributed by atoms with Gasteiger partial charge in [0.05, 0.1) is 30.9 Å². The fourth-order valence-electron chi connectivity index (χ4n) is 4.64. The number of likely N-dealkylation sites (tertiary alicyclic amines) is 1. The van der Waals surface area contributed by atoms with Crippen molar-refractivity contribution in [1.29, 1.82) is 0 Å². The fraction of sp³-hybridized carbons (Fsp3) is 0.179. The number of benzene rings is 3. The summed E-state index contributed by atoms with van der Waals surface area (Å²) < 4.78 is 10.9. The van der Waals surface area contributed by atoms with Crippen molar-refractivity contribution in [3.05, 3.63) is 100 Å². The Bertz CT molecular complexity index is 1410. The number of ether oxygens (including phenoxy) is 2. The summed E-state index contributed by atoms with van der Waals surface area (Å²) in [6.45, 7) is 0.593. The van der Waals surface area contributed by atoms with Gasteiger partial charge >= 0.3 is 5.97 Å². The summed E-state index contributed by atoms with van der Waals surface area (Å²) in [4.78, 5) is 39.1. The Morgan fingerprint density at radius 2 is 1.78 bits per heavy atom. The van der Waals surface area contributed by atoms with E-state index in [1.165, 1.54) is 24.1 Å². The quantitative estimate of drug-likeness (QED) is 0.309. The smallest absolute Gasteiger partial charge is 0.335 e. The number of Topliss-reactive ketones (excluding diaryl/α,β-unsaturated/α-hetero) is 1. The van der Waals surface area contributed by atoms with E-state index >= 15 is 0 Å². The minimum absolute atomic E-state index is 0.0192. The second-order valence-corrected chi connectivity index (χ2v) is 8.63. The molecule has 1 saturated heterocycles. The molecule has 0 radical (unpaired) electrons. The Labute approximate surface area is 207 Å². The zero-order chi connectivity index (χ0) is 25.4. The topological polar surface area (TPSA) is 113 Å². The molecule has 0 aromatic heterocycles. The minimum Gasteiger partial charge on any atom is -0.507 e. The molecule has 1 amide bonds. The molecule has 0 saturated carbocycles. The molecule has 2 heterocycles. The molecular formula is C28H23NO7. The highest BCUT2D eigenvalue weighted by molar-refractivity contribution is 6.46. The summed E-state index contributed by atoms with van der Waals surface area (Å²) in [6, 6.07) is 17.4. The van der Waals surface area contributed by atoms with Gasteiger partial charge in [-0.3, -0.25) is 9.59 Å². The summed E-state index contributed by atoms with van der Waals surface area (Å²) in [5.41, 5.74) is 2.69. The fourth-order valence-corrected chi connectivity index (χ4v) is 4.64. The number of hydrogen-bond donors (Lipinski definition) is 2. The largest absolute Gasteiger partial charge is 0.507 e. The molecule has 8 heteroatoms. The lowest BCUT2D eigenvalue weighted by atomic mass is 9.94. The van der Waals surface area contributed by atoms with Crippen LogP contribution in [0.5, 0.6) is 11.5 Å². The summed E-state index contributed by atoms with van der Waals surface area (Å²) >= 11 is 0. The maximum atomic E-state index is 13.3.